The van der Waals surface area contributed by atoms with Crippen LogP contribution >= 0.6 is 11.3 Å². The Balaban J connectivity index is 1.53. The van der Waals surface area contributed by atoms with Gasteiger partial charge in [-0.1, -0.05) is 17.3 Å². The number of carbonyl (C=O) groups excluding carboxylic acids is 1. The van der Waals surface area contributed by atoms with E-state index in [0.717, 1.165) is 46.2 Å². The van der Waals surface area contributed by atoms with Crippen LogP contribution in [0.2, 0.25) is 0 Å². The minimum Gasteiger partial charge on any atom is -0.493 e. The highest BCUT2D eigenvalue weighted by molar-refractivity contribution is 7.22. The number of nitrogens with one attached hydrogen (secondary N) is 1. The molecule has 4 heterocycles. The summed E-state index contributed by atoms with van der Waals surface area (Å²) in [6, 6.07) is 4.19. The molecular weight excluding hydrogens is 324 g/mol. The summed E-state index contributed by atoms with van der Waals surface area (Å²) in [5, 5.41) is 3.83. The Morgan fingerprint density at radius 3 is 3.25 bits per heavy atom. The SMILES string of the molecule is C#CCN1CC2NC(=O)N(c3nc4c5c(ccc4s3)OCC5)C2C1. The van der Waals surface area contributed by atoms with Crippen LogP contribution in [-0.4, -0.2) is 54.2 Å². The van der Waals surface area contributed by atoms with E-state index in [0.29, 0.717) is 13.2 Å². The molecule has 5 rings (SSSR count). The van der Waals surface area contributed by atoms with Crippen molar-refractivity contribution in [3.05, 3.63) is 17.7 Å². The van der Waals surface area contributed by atoms with Crippen molar-refractivity contribution in [1.82, 2.24) is 15.2 Å². The molecule has 122 valence electrons. The number of thiazole rings is 1. The van der Waals surface area contributed by atoms with Crippen molar-refractivity contribution in [3.8, 4) is 18.1 Å². The highest BCUT2D eigenvalue weighted by Gasteiger charge is 2.47. The smallest absolute Gasteiger partial charge is 0.324 e. The summed E-state index contributed by atoms with van der Waals surface area (Å²) in [7, 11) is 0. The second kappa shape index (κ2) is 5.10. The average molecular weight is 340 g/mol. The van der Waals surface area contributed by atoms with Crippen LogP contribution in [0.25, 0.3) is 10.2 Å². The second-order valence-corrected chi connectivity index (χ2v) is 7.38. The van der Waals surface area contributed by atoms with E-state index in [1.807, 2.05) is 17.0 Å². The maximum atomic E-state index is 12.5. The number of terminal acetylenes is 1. The summed E-state index contributed by atoms with van der Waals surface area (Å²) < 4.78 is 6.72. The quantitative estimate of drug-likeness (QED) is 0.841. The highest BCUT2D eigenvalue weighted by Crippen LogP contribution is 2.39. The third-order valence-electron chi connectivity index (χ3n) is 4.97. The van der Waals surface area contributed by atoms with E-state index in [-0.39, 0.29) is 18.1 Å². The maximum Gasteiger partial charge on any atom is 0.324 e. The predicted molar refractivity (Wildman–Crippen MR) is 92.7 cm³/mol. The van der Waals surface area contributed by atoms with E-state index in [9.17, 15) is 4.79 Å². The number of nitrogens with zero attached hydrogens (tertiary/aromatic N) is 3. The Bertz CT molecular complexity index is 887. The van der Waals surface area contributed by atoms with Crippen molar-refractivity contribution in [1.29, 1.82) is 0 Å². The number of urea groups is 1. The first-order valence-electron chi connectivity index (χ1n) is 8.05. The molecule has 2 atom stereocenters. The van der Waals surface area contributed by atoms with Crippen LogP contribution in [0.3, 0.4) is 0 Å². The van der Waals surface area contributed by atoms with Crippen molar-refractivity contribution in [2.24, 2.45) is 0 Å². The first kappa shape index (κ1) is 14.1. The molecular formula is C17H16N4O2S. The molecule has 2 fully saturated rings. The average Bonchev–Trinajstić information content (AvgIpc) is 3.27. The largest absolute Gasteiger partial charge is 0.493 e. The highest BCUT2D eigenvalue weighted by atomic mass is 32.1. The number of hydrogen-bond acceptors (Lipinski definition) is 5. The van der Waals surface area contributed by atoms with Gasteiger partial charge >= 0.3 is 6.03 Å². The molecule has 24 heavy (non-hydrogen) atoms. The van der Waals surface area contributed by atoms with E-state index >= 15 is 0 Å². The molecule has 2 aromatic rings. The van der Waals surface area contributed by atoms with Crippen LogP contribution in [-0.2, 0) is 6.42 Å². The number of benzene rings is 1. The van der Waals surface area contributed by atoms with E-state index < -0.39 is 0 Å². The van der Waals surface area contributed by atoms with Crippen molar-refractivity contribution in [2.75, 3.05) is 31.1 Å². The number of carbonyl (C=O) groups is 1. The summed E-state index contributed by atoms with van der Waals surface area (Å²) in [5.41, 5.74) is 2.13. The number of fused-ring (bicyclic) bond motifs is 4. The molecule has 6 nitrogen and oxygen atoms in total. The van der Waals surface area contributed by atoms with Gasteiger partial charge in [-0.3, -0.25) is 9.80 Å². The number of anilines is 1. The standard InChI is InChI=1S/C17H16N4O2S/c1-2-6-20-8-11-12(9-20)21(16(22)18-11)17-19-15-10-5-7-23-13(10)3-4-14(15)24-17/h1,3-4,11-12H,5-9H2,(H,18,22). The number of likely N-dealkylation sites (tertiary alicyclic amines) is 1. The Kier molecular flexibility index (Phi) is 2.99. The molecule has 1 aromatic carbocycles. The molecule has 3 aliphatic heterocycles. The van der Waals surface area contributed by atoms with Crippen molar-refractivity contribution in [2.45, 2.75) is 18.5 Å². The predicted octanol–water partition coefficient (Wildman–Crippen LogP) is 1.45. The fourth-order valence-electron chi connectivity index (χ4n) is 3.90. The van der Waals surface area contributed by atoms with Gasteiger partial charge in [0.2, 0.25) is 0 Å². The van der Waals surface area contributed by atoms with Gasteiger partial charge in [0.05, 0.1) is 35.5 Å². The normalized spacial score (nSPS) is 25.5. The Labute approximate surface area is 143 Å². The van der Waals surface area contributed by atoms with E-state index in [1.165, 1.54) is 0 Å². The number of hydrogen-bond donors (Lipinski definition) is 1. The number of rotatable bonds is 2. The van der Waals surface area contributed by atoms with E-state index in [4.69, 9.17) is 16.1 Å². The molecule has 0 saturated carbocycles. The summed E-state index contributed by atoms with van der Waals surface area (Å²) in [6.45, 7) is 2.90. The molecule has 2 amide bonds. The first-order chi connectivity index (χ1) is 11.7. The van der Waals surface area contributed by atoms with Gasteiger partial charge in [0, 0.05) is 25.1 Å². The molecule has 0 bridgehead atoms. The third-order valence-corrected chi connectivity index (χ3v) is 5.99. The molecule has 7 heteroatoms. The lowest BCUT2D eigenvalue weighted by molar-refractivity contribution is 0.247. The minimum absolute atomic E-state index is 0.0580. The molecule has 2 unspecified atom stereocenters. The fourth-order valence-corrected chi connectivity index (χ4v) is 4.95. The maximum absolute atomic E-state index is 12.5. The summed E-state index contributed by atoms with van der Waals surface area (Å²) >= 11 is 1.57. The van der Waals surface area contributed by atoms with Crippen LogP contribution in [0.5, 0.6) is 5.75 Å². The zero-order chi connectivity index (χ0) is 16.3. The third kappa shape index (κ3) is 1.93. The minimum atomic E-state index is -0.0580. The second-order valence-electron chi connectivity index (χ2n) is 6.38. The lowest BCUT2D eigenvalue weighted by Gasteiger charge is -2.20. The van der Waals surface area contributed by atoms with Crippen LogP contribution < -0.4 is 15.0 Å². The van der Waals surface area contributed by atoms with Gasteiger partial charge in [-0.05, 0) is 12.1 Å². The van der Waals surface area contributed by atoms with Gasteiger partial charge in [0.15, 0.2) is 5.13 Å². The van der Waals surface area contributed by atoms with Gasteiger partial charge in [-0.2, -0.15) is 0 Å². The molecule has 1 aromatic heterocycles. The Morgan fingerprint density at radius 1 is 1.46 bits per heavy atom. The zero-order valence-electron chi connectivity index (χ0n) is 13.0. The number of amides is 2. The van der Waals surface area contributed by atoms with Gasteiger partial charge in [-0.15, -0.1) is 6.42 Å². The van der Waals surface area contributed by atoms with Crippen molar-refractivity contribution in [3.63, 3.8) is 0 Å². The van der Waals surface area contributed by atoms with Gasteiger partial charge in [0.25, 0.3) is 0 Å². The first-order valence-corrected chi connectivity index (χ1v) is 8.87. The molecule has 0 aliphatic carbocycles. The van der Waals surface area contributed by atoms with Crippen LogP contribution in [0.4, 0.5) is 9.93 Å². The monoisotopic (exact) mass is 340 g/mol. The van der Waals surface area contributed by atoms with E-state index in [1.54, 1.807) is 11.3 Å². The van der Waals surface area contributed by atoms with Crippen molar-refractivity contribution >= 4 is 32.7 Å². The summed E-state index contributed by atoms with van der Waals surface area (Å²) in [5.74, 6) is 3.60. The molecule has 2 saturated heterocycles. The van der Waals surface area contributed by atoms with Gasteiger partial charge in [-0.25, -0.2) is 9.78 Å². The number of aromatic nitrogens is 1. The summed E-state index contributed by atoms with van der Waals surface area (Å²) in [6.07, 6.45) is 6.30. The topological polar surface area (TPSA) is 57.7 Å². The van der Waals surface area contributed by atoms with Crippen LogP contribution in [0.1, 0.15) is 5.56 Å². The Morgan fingerprint density at radius 2 is 2.38 bits per heavy atom. The summed E-state index contributed by atoms with van der Waals surface area (Å²) in [4.78, 5) is 21.3. The fraction of sp³-hybridized carbons (Fsp3) is 0.412. The molecule has 3 aliphatic rings. The van der Waals surface area contributed by atoms with Gasteiger partial charge in [0.1, 0.15) is 5.75 Å². The number of ether oxygens (including phenoxy) is 1. The molecule has 0 spiro atoms. The van der Waals surface area contributed by atoms with Gasteiger partial charge < -0.3 is 10.1 Å². The molecule has 1 N–H and O–H groups in total. The zero-order valence-corrected chi connectivity index (χ0v) is 13.8. The van der Waals surface area contributed by atoms with Crippen molar-refractivity contribution < 1.29 is 9.53 Å². The van der Waals surface area contributed by atoms with Crippen LogP contribution in [0, 0.1) is 12.3 Å². The van der Waals surface area contributed by atoms with Crippen LogP contribution in [0.15, 0.2) is 12.1 Å². The lowest BCUT2D eigenvalue weighted by Crippen LogP contribution is -2.38. The lowest BCUT2D eigenvalue weighted by atomic mass is 10.1. The molecule has 0 radical (unpaired) electrons. The Hall–Kier alpha value is -2.30. The van der Waals surface area contributed by atoms with E-state index in [2.05, 4.69) is 16.1 Å².